The normalized spacial score (nSPS) is 15.1. The first kappa shape index (κ1) is 15.9. The van der Waals surface area contributed by atoms with Gasteiger partial charge in [0.2, 0.25) is 0 Å². The summed E-state index contributed by atoms with van der Waals surface area (Å²) in [7, 11) is 0. The van der Waals surface area contributed by atoms with Gasteiger partial charge in [-0.1, -0.05) is 6.07 Å². The standard InChI is InChI=1S/C19H18N2O3/c1-3-23-18-9-15-7-12(2)24-17(15)10-16(18)21-19(22)14-6-4-5-13(8-14)11-20/h4-6,8-10,12H,3,7H2,1-2H3,(H,21,22)/t12-/m1/s1. The monoisotopic (exact) mass is 322 g/mol. The molecule has 0 aliphatic carbocycles. The summed E-state index contributed by atoms with van der Waals surface area (Å²) < 4.78 is 11.4. The number of nitrogens with one attached hydrogen (secondary N) is 1. The topological polar surface area (TPSA) is 71.3 Å². The first-order chi connectivity index (χ1) is 11.6. The number of carbonyl (C=O) groups excluding carboxylic acids is 1. The number of fused-ring (bicyclic) bond motifs is 1. The average molecular weight is 322 g/mol. The molecule has 1 aliphatic heterocycles. The van der Waals surface area contributed by atoms with E-state index in [0.29, 0.717) is 29.2 Å². The van der Waals surface area contributed by atoms with Gasteiger partial charge < -0.3 is 14.8 Å². The van der Waals surface area contributed by atoms with Crippen LogP contribution in [0.15, 0.2) is 36.4 Å². The van der Waals surface area contributed by atoms with E-state index in [9.17, 15) is 4.79 Å². The summed E-state index contributed by atoms with van der Waals surface area (Å²) in [5.41, 5.74) is 2.51. The second-order valence-corrected chi connectivity index (χ2v) is 5.67. The molecular weight excluding hydrogens is 304 g/mol. The highest BCUT2D eigenvalue weighted by Crippen LogP contribution is 2.38. The Kier molecular flexibility index (Phi) is 4.39. The Bertz CT molecular complexity index is 824. The fraction of sp³-hybridized carbons (Fsp3) is 0.263. The molecule has 0 spiro atoms. The summed E-state index contributed by atoms with van der Waals surface area (Å²) in [4.78, 5) is 12.5. The van der Waals surface area contributed by atoms with Crippen molar-refractivity contribution in [3.8, 4) is 17.6 Å². The van der Waals surface area contributed by atoms with Crippen LogP contribution in [0.3, 0.4) is 0 Å². The number of hydrogen-bond donors (Lipinski definition) is 1. The molecule has 0 saturated carbocycles. The molecule has 1 heterocycles. The molecule has 0 saturated heterocycles. The Labute approximate surface area is 140 Å². The fourth-order valence-corrected chi connectivity index (χ4v) is 2.74. The lowest BCUT2D eigenvalue weighted by molar-refractivity contribution is 0.102. The molecule has 122 valence electrons. The molecular formula is C19H18N2O3. The summed E-state index contributed by atoms with van der Waals surface area (Å²) in [6, 6.07) is 12.3. The van der Waals surface area contributed by atoms with Crippen LogP contribution in [0, 0.1) is 11.3 Å². The lowest BCUT2D eigenvalue weighted by Gasteiger charge is -2.13. The quantitative estimate of drug-likeness (QED) is 0.934. The zero-order chi connectivity index (χ0) is 17.1. The number of hydrogen-bond acceptors (Lipinski definition) is 4. The summed E-state index contributed by atoms with van der Waals surface area (Å²) in [6.45, 7) is 4.41. The van der Waals surface area contributed by atoms with E-state index in [0.717, 1.165) is 17.7 Å². The van der Waals surface area contributed by atoms with E-state index in [2.05, 4.69) is 5.32 Å². The van der Waals surface area contributed by atoms with Crippen LogP contribution in [-0.4, -0.2) is 18.6 Å². The van der Waals surface area contributed by atoms with Crippen molar-refractivity contribution in [2.45, 2.75) is 26.4 Å². The molecule has 5 heteroatoms. The molecule has 1 atom stereocenters. The van der Waals surface area contributed by atoms with Crippen molar-refractivity contribution in [2.75, 3.05) is 11.9 Å². The van der Waals surface area contributed by atoms with Gasteiger partial charge in [-0.2, -0.15) is 5.26 Å². The van der Waals surface area contributed by atoms with Gasteiger partial charge in [0.25, 0.3) is 5.91 Å². The van der Waals surface area contributed by atoms with Gasteiger partial charge in [0.05, 0.1) is 23.9 Å². The van der Waals surface area contributed by atoms with Gasteiger partial charge >= 0.3 is 0 Å². The fourth-order valence-electron chi connectivity index (χ4n) is 2.74. The van der Waals surface area contributed by atoms with Gasteiger partial charge in [0.15, 0.2) is 0 Å². The maximum absolute atomic E-state index is 12.5. The Balaban J connectivity index is 1.90. The summed E-state index contributed by atoms with van der Waals surface area (Å²) in [6.07, 6.45) is 0.946. The molecule has 24 heavy (non-hydrogen) atoms. The Morgan fingerprint density at radius 1 is 1.42 bits per heavy atom. The number of carbonyl (C=O) groups is 1. The number of rotatable bonds is 4. The van der Waals surface area contributed by atoms with Crippen LogP contribution in [0.5, 0.6) is 11.5 Å². The third-order valence-electron chi connectivity index (χ3n) is 3.80. The number of anilines is 1. The summed E-state index contributed by atoms with van der Waals surface area (Å²) in [5, 5.41) is 11.8. The lowest BCUT2D eigenvalue weighted by Crippen LogP contribution is -2.13. The van der Waals surface area contributed by atoms with Crippen LogP contribution in [0.2, 0.25) is 0 Å². The predicted octanol–water partition coefficient (Wildman–Crippen LogP) is 3.53. The van der Waals surface area contributed by atoms with Crippen LogP contribution in [0.4, 0.5) is 5.69 Å². The van der Waals surface area contributed by atoms with Gasteiger partial charge in [-0.3, -0.25) is 4.79 Å². The Morgan fingerprint density at radius 3 is 3.00 bits per heavy atom. The second-order valence-electron chi connectivity index (χ2n) is 5.67. The number of benzene rings is 2. The first-order valence-electron chi connectivity index (χ1n) is 7.88. The van der Waals surface area contributed by atoms with Crippen molar-refractivity contribution in [3.63, 3.8) is 0 Å². The molecule has 3 rings (SSSR count). The predicted molar refractivity (Wildman–Crippen MR) is 90.5 cm³/mol. The summed E-state index contributed by atoms with van der Waals surface area (Å²) >= 11 is 0. The van der Waals surface area contributed by atoms with Gasteiger partial charge in [0.1, 0.15) is 17.6 Å². The van der Waals surface area contributed by atoms with E-state index in [1.807, 2.05) is 26.0 Å². The van der Waals surface area contributed by atoms with E-state index < -0.39 is 0 Å². The van der Waals surface area contributed by atoms with Crippen molar-refractivity contribution in [1.82, 2.24) is 0 Å². The van der Waals surface area contributed by atoms with Crippen molar-refractivity contribution < 1.29 is 14.3 Å². The minimum absolute atomic E-state index is 0.118. The molecule has 1 N–H and O–H groups in total. The molecule has 0 aromatic heterocycles. The van der Waals surface area contributed by atoms with Crippen molar-refractivity contribution in [3.05, 3.63) is 53.1 Å². The van der Waals surface area contributed by atoms with Gasteiger partial charge in [0, 0.05) is 23.6 Å². The van der Waals surface area contributed by atoms with Gasteiger partial charge in [-0.15, -0.1) is 0 Å². The smallest absolute Gasteiger partial charge is 0.255 e. The molecule has 2 aromatic rings. The number of ether oxygens (including phenoxy) is 2. The van der Waals surface area contributed by atoms with Gasteiger partial charge in [-0.05, 0) is 38.1 Å². The molecule has 1 aliphatic rings. The van der Waals surface area contributed by atoms with E-state index in [1.54, 1.807) is 30.3 Å². The highest BCUT2D eigenvalue weighted by atomic mass is 16.5. The Hall–Kier alpha value is -3.00. The SMILES string of the molecule is CCOc1cc2c(cc1NC(=O)c1cccc(C#N)c1)O[C@H](C)C2. The van der Waals surface area contributed by atoms with Crippen LogP contribution in [-0.2, 0) is 6.42 Å². The van der Waals surface area contributed by atoms with E-state index in [-0.39, 0.29) is 12.0 Å². The lowest BCUT2D eigenvalue weighted by atomic mass is 10.1. The molecule has 0 fully saturated rings. The summed E-state index contributed by atoms with van der Waals surface area (Å²) in [5.74, 6) is 1.10. The average Bonchev–Trinajstić information content (AvgIpc) is 2.94. The third kappa shape index (κ3) is 3.18. The van der Waals surface area contributed by atoms with Crippen LogP contribution in [0.25, 0.3) is 0 Å². The molecule has 5 nitrogen and oxygen atoms in total. The molecule has 0 radical (unpaired) electrons. The number of amides is 1. The largest absolute Gasteiger partial charge is 0.492 e. The first-order valence-corrected chi connectivity index (χ1v) is 7.88. The molecule has 1 amide bonds. The Morgan fingerprint density at radius 2 is 2.25 bits per heavy atom. The van der Waals surface area contributed by atoms with E-state index >= 15 is 0 Å². The van der Waals surface area contributed by atoms with Crippen molar-refractivity contribution in [2.24, 2.45) is 0 Å². The highest BCUT2D eigenvalue weighted by Gasteiger charge is 2.22. The second kappa shape index (κ2) is 6.63. The number of nitrogens with zero attached hydrogens (tertiary/aromatic N) is 1. The van der Waals surface area contributed by atoms with Gasteiger partial charge in [-0.25, -0.2) is 0 Å². The van der Waals surface area contributed by atoms with Crippen molar-refractivity contribution in [1.29, 1.82) is 5.26 Å². The zero-order valence-corrected chi connectivity index (χ0v) is 13.6. The maximum atomic E-state index is 12.5. The maximum Gasteiger partial charge on any atom is 0.255 e. The minimum atomic E-state index is -0.293. The zero-order valence-electron chi connectivity index (χ0n) is 13.6. The van der Waals surface area contributed by atoms with E-state index in [4.69, 9.17) is 14.7 Å². The highest BCUT2D eigenvalue weighted by molar-refractivity contribution is 6.05. The van der Waals surface area contributed by atoms with Crippen molar-refractivity contribution >= 4 is 11.6 Å². The van der Waals surface area contributed by atoms with Crippen LogP contribution in [0.1, 0.15) is 35.3 Å². The van der Waals surface area contributed by atoms with Crippen LogP contribution >= 0.6 is 0 Å². The van der Waals surface area contributed by atoms with E-state index in [1.165, 1.54) is 0 Å². The third-order valence-corrected chi connectivity index (χ3v) is 3.80. The molecule has 0 bridgehead atoms. The number of nitriles is 1. The van der Waals surface area contributed by atoms with Crippen LogP contribution < -0.4 is 14.8 Å². The molecule has 0 unspecified atom stereocenters. The molecule has 2 aromatic carbocycles. The minimum Gasteiger partial charge on any atom is -0.492 e.